The Kier molecular flexibility index (Phi) is 13.8. The number of aliphatic hydroxyl groups excluding tert-OH is 1. The fourth-order valence-electron chi connectivity index (χ4n) is 7.15. The van der Waals surface area contributed by atoms with Crippen molar-refractivity contribution in [1.29, 1.82) is 0 Å². The van der Waals surface area contributed by atoms with Crippen molar-refractivity contribution >= 4 is 11.6 Å². The maximum absolute atomic E-state index is 15.4. The van der Waals surface area contributed by atoms with Gasteiger partial charge in [-0.2, -0.15) is 0 Å². The van der Waals surface area contributed by atoms with Crippen LogP contribution in [0.2, 0.25) is 5.02 Å². The van der Waals surface area contributed by atoms with E-state index in [4.69, 9.17) is 40.0 Å². The Labute approximate surface area is 338 Å². The summed E-state index contributed by atoms with van der Waals surface area (Å²) in [5.74, 6) is -1.91. The van der Waals surface area contributed by atoms with Gasteiger partial charge in [0.15, 0.2) is 11.6 Å². The standard InChI is InChI=1S/C48H46ClFO7/c1-52-48(40-23-24-41(49)39(28-40)26-38-22-25-43(42(50)27-38)53-30-34-14-6-2-7-15-34)47(56-33-37-20-12-5-13-21-37)46(55-32-36-18-10-4-11-19-36)45(44(29-51)57-48)54-31-35-16-8-3-9-17-35/h2-25,27-28,44-47,51H,26,29-33H2,1H3/t44-,45+,46+,47-,48+/m1/s1. The lowest BCUT2D eigenvalue weighted by molar-refractivity contribution is -0.384. The summed E-state index contributed by atoms with van der Waals surface area (Å²) >= 11 is 6.85. The Morgan fingerprint density at radius 1 is 0.614 bits per heavy atom. The number of benzene rings is 6. The van der Waals surface area contributed by atoms with E-state index in [1.54, 1.807) is 19.2 Å². The Bertz CT molecular complexity index is 2140. The molecule has 6 aromatic carbocycles. The van der Waals surface area contributed by atoms with E-state index >= 15 is 4.39 Å². The average Bonchev–Trinajstić information content (AvgIpc) is 3.26. The minimum atomic E-state index is -1.60. The predicted molar refractivity (Wildman–Crippen MR) is 217 cm³/mol. The van der Waals surface area contributed by atoms with E-state index in [1.165, 1.54) is 6.07 Å². The van der Waals surface area contributed by atoms with Crippen LogP contribution in [0.15, 0.2) is 158 Å². The zero-order chi connectivity index (χ0) is 39.5. The first kappa shape index (κ1) is 40.3. The molecule has 9 heteroatoms. The van der Waals surface area contributed by atoms with Gasteiger partial charge in [-0.25, -0.2) is 4.39 Å². The van der Waals surface area contributed by atoms with Crippen molar-refractivity contribution in [3.05, 3.63) is 208 Å². The van der Waals surface area contributed by atoms with Crippen molar-refractivity contribution in [2.45, 2.75) is 63.1 Å². The Morgan fingerprint density at radius 3 is 1.67 bits per heavy atom. The van der Waals surface area contributed by atoms with Gasteiger partial charge in [0, 0.05) is 17.7 Å². The summed E-state index contributed by atoms with van der Waals surface area (Å²) in [6.45, 7) is 0.557. The number of halogens is 2. The first-order valence-electron chi connectivity index (χ1n) is 19.0. The SMILES string of the molecule is CO[C@@]1(c2ccc(Cl)c(Cc3ccc(OCc4ccccc4)c(F)c3)c2)O[C@H](CO)[C@H](OCc2ccccc2)[C@H](OCc2ccccc2)[C@H]1OCc1ccccc1. The summed E-state index contributed by atoms with van der Waals surface area (Å²) in [6, 6.07) is 49.5. The highest BCUT2D eigenvalue weighted by Crippen LogP contribution is 2.44. The minimum absolute atomic E-state index is 0.162. The molecule has 5 atom stereocenters. The molecule has 6 aromatic rings. The maximum Gasteiger partial charge on any atom is 0.225 e. The molecule has 0 radical (unpaired) electrons. The third-order valence-corrected chi connectivity index (χ3v) is 10.5. The Balaban J connectivity index is 1.23. The van der Waals surface area contributed by atoms with E-state index in [9.17, 15) is 5.11 Å². The number of methoxy groups -OCH3 is 1. The van der Waals surface area contributed by atoms with Gasteiger partial charge in [0.2, 0.25) is 5.79 Å². The van der Waals surface area contributed by atoms with Gasteiger partial charge in [-0.05, 0) is 64.1 Å². The van der Waals surface area contributed by atoms with Gasteiger partial charge >= 0.3 is 0 Å². The molecule has 7 nitrogen and oxygen atoms in total. The molecule has 7 rings (SSSR count). The molecule has 0 saturated carbocycles. The summed E-state index contributed by atoms with van der Waals surface area (Å²) in [5, 5.41) is 11.4. The Morgan fingerprint density at radius 2 is 1.14 bits per heavy atom. The highest BCUT2D eigenvalue weighted by atomic mass is 35.5. The van der Waals surface area contributed by atoms with Crippen LogP contribution in [0.4, 0.5) is 4.39 Å². The van der Waals surface area contributed by atoms with Gasteiger partial charge in [-0.15, -0.1) is 0 Å². The number of rotatable bonds is 17. The number of hydrogen-bond donors (Lipinski definition) is 1. The number of aliphatic hydroxyl groups is 1. The molecule has 0 amide bonds. The molecule has 1 heterocycles. The fraction of sp³-hybridized carbons (Fsp3) is 0.250. The molecule has 57 heavy (non-hydrogen) atoms. The largest absolute Gasteiger partial charge is 0.486 e. The van der Waals surface area contributed by atoms with Crippen molar-refractivity contribution in [1.82, 2.24) is 0 Å². The fourth-order valence-corrected chi connectivity index (χ4v) is 7.34. The van der Waals surface area contributed by atoms with E-state index in [0.717, 1.165) is 22.3 Å². The van der Waals surface area contributed by atoms with Crippen LogP contribution in [-0.2, 0) is 62.3 Å². The van der Waals surface area contributed by atoms with Gasteiger partial charge in [0.05, 0.1) is 26.4 Å². The van der Waals surface area contributed by atoms with Crippen LogP contribution in [-0.4, -0.2) is 43.2 Å². The lowest BCUT2D eigenvalue weighted by Crippen LogP contribution is -2.66. The van der Waals surface area contributed by atoms with Crippen molar-refractivity contribution in [3.8, 4) is 5.75 Å². The van der Waals surface area contributed by atoms with E-state index in [-0.39, 0.29) is 38.8 Å². The first-order chi connectivity index (χ1) is 28.0. The van der Waals surface area contributed by atoms with Crippen LogP contribution in [0.3, 0.4) is 0 Å². The highest BCUT2D eigenvalue weighted by Gasteiger charge is 2.58. The average molecular weight is 789 g/mol. The van der Waals surface area contributed by atoms with Crippen LogP contribution in [0.25, 0.3) is 0 Å². The monoisotopic (exact) mass is 788 g/mol. The van der Waals surface area contributed by atoms with Crippen LogP contribution < -0.4 is 4.74 Å². The van der Waals surface area contributed by atoms with Gasteiger partial charge in [0.1, 0.15) is 31.0 Å². The summed E-state index contributed by atoms with van der Waals surface area (Å²) in [7, 11) is 1.55. The molecular formula is C48H46ClFO7. The first-order valence-corrected chi connectivity index (χ1v) is 19.4. The zero-order valence-electron chi connectivity index (χ0n) is 31.7. The van der Waals surface area contributed by atoms with Gasteiger partial charge in [-0.3, -0.25) is 0 Å². The minimum Gasteiger partial charge on any atom is -0.486 e. The number of ether oxygens (including phenoxy) is 6. The molecular weight excluding hydrogens is 743 g/mol. The molecule has 0 bridgehead atoms. The summed E-state index contributed by atoms with van der Waals surface area (Å²) in [5.41, 5.74) is 5.77. The summed E-state index contributed by atoms with van der Waals surface area (Å²) in [4.78, 5) is 0. The molecule has 1 saturated heterocycles. The summed E-state index contributed by atoms with van der Waals surface area (Å²) < 4.78 is 54.7. The van der Waals surface area contributed by atoms with Crippen molar-refractivity contribution in [3.63, 3.8) is 0 Å². The third kappa shape index (κ3) is 9.98. The van der Waals surface area contributed by atoms with Gasteiger partial charge < -0.3 is 33.5 Å². The van der Waals surface area contributed by atoms with E-state index < -0.39 is 36.0 Å². The molecule has 1 fully saturated rings. The molecule has 0 aliphatic carbocycles. The molecule has 0 aromatic heterocycles. The third-order valence-electron chi connectivity index (χ3n) is 10.1. The quantitative estimate of drug-likeness (QED) is 0.0987. The molecule has 0 spiro atoms. The van der Waals surface area contributed by atoms with Crippen LogP contribution >= 0.6 is 11.6 Å². The van der Waals surface area contributed by atoms with Crippen molar-refractivity contribution in [2.75, 3.05) is 13.7 Å². The normalized spacial score (nSPS) is 20.6. The topological polar surface area (TPSA) is 75.6 Å². The van der Waals surface area contributed by atoms with E-state index in [1.807, 2.05) is 140 Å². The van der Waals surface area contributed by atoms with Crippen molar-refractivity contribution in [2.24, 2.45) is 0 Å². The lowest BCUT2D eigenvalue weighted by Gasteiger charge is -2.52. The number of hydrogen-bond acceptors (Lipinski definition) is 7. The van der Waals surface area contributed by atoms with Gasteiger partial charge in [-0.1, -0.05) is 145 Å². The van der Waals surface area contributed by atoms with E-state index in [2.05, 4.69) is 0 Å². The molecule has 1 aliphatic rings. The highest BCUT2D eigenvalue weighted by molar-refractivity contribution is 6.31. The maximum atomic E-state index is 15.4. The summed E-state index contributed by atoms with van der Waals surface area (Å²) in [6.07, 6.45) is -3.05. The zero-order valence-corrected chi connectivity index (χ0v) is 32.5. The molecule has 1 aliphatic heterocycles. The molecule has 1 N–H and O–H groups in total. The van der Waals surface area contributed by atoms with Crippen LogP contribution in [0.1, 0.15) is 38.9 Å². The van der Waals surface area contributed by atoms with Gasteiger partial charge in [0.25, 0.3) is 0 Å². The second-order valence-electron chi connectivity index (χ2n) is 14.0. The van der Waals surface area contributed by atoms with Crippen LogP contribution in [0.5, 0.6) is 5.75 Å². The lowest BCUT2D eigenvalue weighted by atomic mass is 9.86. The smallest absolute Gasteiger partial charge is 0.225 e. The second kappa shape index (κ2) is 19.5. The van der Waals surface area contributed by atoms with E-state index in [0.29, 0.717) is 28.1 Å². The molecule has 0 unspecified atom stereocenters. The second-order valence-corrected chi connectivity index (χ2v) is 14.4. The van der Waals surface area contributed by atoms with Crippen LogP contribution in [0, 0.1) is 5.82 Å². The molecule has 294 valence electrons. The van der Waals surface area contributed by atoms with Crippen molar-refractivity contribution < 1.29 is 37.9 Å². The predicted octanol–water partition coefficient (Wildman–Crippen LogP) is 9.60. The Hall–Kier alpha value is -4.90.